The van der Waals surface area contributed by atoms with Gasteiger partial charge in [0.15, 0.2) is 0 Å². The van der Waals surface area contributed by atoms with E-state index in [0.717, 1.165) is 35.4 Å². The Labute approximate surface area is 134 Å². The van der Waals surface area contributed by atoms with Gasteiger partial charge in [-0.1, -0.05) is 30.3 Å². The van der Waals surface area contributed by atoms with Crippen molar-refractivity contribution in [1.82, 2.24) is 9.97 Å². The number of fused-ring (bicyclic) bond motifs is 1. The molecule has 0 radical (unpaired) electrons. The number of ether oxygens (including phenoxy) is 1. The molecule has 2 aromatic carbocycles. The summed E-state index contributed by atoms with van der Waals surface area (Å²) in [6, 6.07) is 17.6. The molecule has 1 aromatic heterocycles. The van der Waals surface area contributed by atoms with Gasteiger partial charge in [-0.05, 0) is 42.3 Å². The van der Waals surface area contributed by atoms with Crippen molar-refractivity contribution in [3.05, 3.63) is 59.9 Å². The predicted octanol–water partition coefficient (Wildman–Crippen LogP) is 4.16. The Morgan fingerprint density at radius 3 is 2.59 bits per heavy atom. The van der Waals surface area contributed by atoms with Crippen LogP contribution in [0.4, 0.5) is 5.82 Å². The lowest BCUT2D eigenvalue weighted by Gasteiger charge is -2.09. The fraction of sp³-hybridized carbons (Fsp3) is 0.176. The minimum Gasteiger partial charge on any atom is -0.494 e. The van der Waals surface area contributed by atoms with Crippen LogP contribution < -0.4 is 10.1 Å². The van der Waals surface area contributed by atoms with E-state index in [9.17, 15) is 0 Å². The van der Waals surface area contributed by atoms with Crippen LogP contribution in [0.15, 0.2) is 54.6 Å². The zero-order chi connectivity index (χ0) is 15.2. The van der Waals surface area contributed by atoms with Crippen molar-refractivity contribution in [2.24, 2.45) is 0 Å². The Hall–Kier alpha value is -2.33. The number of para-hydroxylation sites is 2. The van der Waals surface area contributed by atoms with Crippen molar-refractivity contribution >= 4 is 28.3 Å². The lowest BCUT2D eigenvalue weighted by Crippen LogP contribution is -2.09. The topological polar surface area (TPSA) is 47.0 Å². The molecule has 0 aliphatic carbocycles. The van der Waals surface area contributed by atoms with Gasteiger partial charge in [0.1, 0.15) is 11.6 Å². The first kappa shape index (κ1) is 14.6. The molecule has 0 atom stereocenters. The average Bonchev–Trinajstić information content (AvgIpc) is 2.55. The maximum Gasteiger partial charge on any atom is 0.224 e. The van der Waals surface area contributed by atoms with Crippen molar-refractivity contribution in [2.75, 3.05) is 18.5 Å². The number of nitrogens with zero attached hydrogens (tertiary/aromatic N) is 2. The second-order valence-corrected chi connectivity index (χ2v) is 5.14. The summed E-state index contributed by atoms with van der Waals surface area (Å²) >= 11 is 5.96. The molecule has 5 heteroatoms. The number of hydrogen-bond acceptors (Lipinski definition) is 4. The fourth-order valence-corrected chi connectivity index (χ4v) is 2.34. The molecule has 3 rings (SSSR count). The third-order valence-electron chi connectivity index (χ3n) is 3.20. The molecular formula is C17H16ClN3O. The van der Waals surface area contributed by atoms with Gasteiger partial charge in [0.05, 0.1) is 12.1 Å². The summed E-state index contributed by atoms with van der Waals surface area (Å²) in [4.78, 5) is 8.47. The predicted molar refractivity (Wildman–Crippen MR) is 89.6 cm³/mol. The number of halogens is 1. The highest BCUT2D eigenvalue weighted by Crippen LogP contribution is 2.21. The molecule has 0 saturated carbocycles. The van der Waals surface area contributed by atoms with Crippen LogP contribution in [-0.2, 0) is 0 Å². The molecule has 1 heterocycles. The molecule has 0 spiro atoms. The number of benzene rings is 2. The molecule has 112 valence electrons. The smallest absolute Gasteiger partial charge is 0.224 e. The fourth-order valence-electron chi connectivity index (χ4n) is 2.17. The molecule has 0 aliphatic rings. The first-order valence-electron chi connectivity index (χ1n) is 7.17. The van der Waals surface area contributed by atoms with Crippen LogP contribution in [-0.4, -0.2) is 23.1 Å². The van der Waals surface area contributed by atoms with E-state index in [4.69, 9.17) is 16.3 Å². The van der Waals surface area contributed by atoms with Gasteiger partial charge in [0.25, 0.3) is 0 Å². The SMILES string of the molecule is Clc1nc(NCCCOc2ccccc2)c2ccccc2n1. The van der Waals surface area contributed by atoms with E-state index in [-0.39, 0.29) is 5.28 Å². The van der Waals surface area contributed by atoms with Gasteiger partial charge >= 0.3 is 0 Å². The summed E-state index contributed by atoms with van der Waals surface area (Å²) in [6.07, 6.45) is 0.866. The van der Waals surface area contributed by atoms with E-state index in [1.165, 1.54) is 0 Å². The number of hydrogen-bond donors (Lipinski definition) is 1. The summed E-state index contributed by atoms with van der Waals surface area (Å²) in [5.74, 6) is 1.65. The summed E-state index contributed by atoms with van der Waals surface area (Å²) in [6.45, 7) is 1.40. The summed E-state index contributed by atoms with van der Waals surface area (Å²) in [5, 5.41) is 4.52. The number of aromatic nitrogens is 2. The summed E-state index contributed by atoms with van der Waals surface area (Å²) in [5.41, 5.74) is 0.838. The van der Waals surface area contributed by atoms with E-state index in [1.807, 2.05) is 54.6 Å². The molecule has 0 unspecified atom stereocenters. The molecule has 22 heavy (non-hydrogen) atoms. The Kier molecular flexibility index (Phi) is 4.71. The van der Waals surface area contributed by atoms with Gasteiger partial charge < -0.3 is 10.1 Å². The van der Waals surface area contributed by atoms with Crippen molar-refractivity contribution in [2.45, 2.75) is 6.42 Å². The second kappa shape index (κ2) is 7.09. The number of rotatable bonds is 6. The van der Waals surface area contributed by atoms with Gasteiger partial charge in [-0.3, -0.25) is 0 Å². The number of anilines is 1. The van der Waals surface area contributed by atoms with Crippen LogP contribution in [0.5, 0.6) is 5.75 Å². The van der Waals surface area contributed by atoms with Crippen LogP contribution in [0.25, 0.3) is 10.9 Å². The van der Waals surface area contributed by atoms with Crippen LogP contribution in [0.2, 0.25) is 5.28 Å². The van der Waals surface area contributed by atoms with Gasteiger partial charge in [-0.2, -0.15) is 0 Å². The Bertz CT molecular complexity index is 749. The summed E-state index contributed by atoms with van der Waals surface area (Å²) < 4.78 is 5.66. The Morgan fingerprint density at radius 1 is 0.955 bits per heavy atom. The van der Waals surface area contributed by atoms with Gasteiger partial charge in [-0.15, -0.1) is 0 Å². The first-order valence-corrected chi connectivity index (χ1v) is 7.55. The average molecular weight is 314 g/mol. The molecule has 0 bridgehead atoms. The Morgan fingerprint density at radius 2 is 1.73 bits per heavy atom. The lowest BCUT2D eigenvalue weighted by molar-refractivity contribution is 0.315. The van der Waals surface area contributed by atoms with Crippen LogP contribution in [0.3, 0.4) is 0 Å². The molecule has 3 aromatic rings. The molecule has 1 N–H and O–H groups in total. The maximum absolute atomic E-state index is 5.96. The first-order chi connectivity index (χ1) is 10.8. The van der Waals surface area contributed by atoms with E-state index >= 15 is 0 Å². The van der Waals surface area contributed by atoms with Crippen molar-refractivity contribution in [3.63, 3.8) is 0 Å². The van der Waals surface area contributed by atoms with E-state index in [2.05, 4.69) is 15.3 Å². The minimum absolute atomic E-state index is 0.252. The lowest BCUT2D eigenvalue weighted by atomic mass is 10.2. The van der Waals surface area contributed by atoms with Crippen LogP contribution in [0, 0.1) is 0 Å². The van der Waals surface area contributed by atoms with Gasteiger partial charge in [0, 0.05) is 11.9 Å². The van der Waals surface area contributed by atoms with E-state index in [0.29, 0.717) is 6.61 Å². The highest BCUT2D eigenvalue weighted by Gasteiger charge is 2.05. The minimum atomic E-state index is 0.252. The molecular weight excluding hydrogens is 298 g/mol. The van der Waals surface area contributed by atoms with E-state index in [1.54, 1.807) is 0 Å². The number of nitrogens with one attached hydrogen (secondary N) is 1. The normalized spacial score (nSPS) is 10.6. The molecule has 0 amide bonds. The monoisotopic (exact) mass is 313 g/mol. The van der Waals surface area contributed by atoms with Crippen molar-refractivity contribution in [1.29, 1.82) is 0 Å². The molecule has 0 fully saturated rings. The highest BCUT2D eigenvalue weighted by atomic mass is 35.5. The zero-order valence-electron chi connectivity index (χ0n) is 12.0. The van der Waals surface area contributed by atoms with Crippen LogP contribution in [0.1, 0.15) is 6.42 Å². The Balaban J connectivity index is 1.56. The third kappa shape index (κ3) is 3.65. The molecule has 0 aliphatic heterocycles. The maximum atomic E-state index is 5.96. The third-order valence-corrected chi connectivity index (χ3v) is 3.37. The molecule has 4 nitrogen and oxygen atoms in total. The second-order valence-electron chi connectivity index (χ2n) is 4.80. The van der Waals surface area contributed by atoms with E-state index < -0.39 is 0 Å². The molecule has 0 saturated heterocycles. The highest BCUT2D eigenvalue weighted by molar-refractivity contribution is 6.28. The van der Waals surface area contributed by atoms with Crippen molar-refractivity contribution in [3.8, 4) is 5.75 Å². The van der Waals surface area contributed by atoms with Crippen molar-refractivity contribution < 1.29 is 4.74 Å². The standard InChI is InChI=1S/C17H16ClN3O/c18-17-20-15-10-5-4-9-14(15)16(21-17)19-11-6-12-22-13-7-2-1-3-8-13/h1-5,7-10H,6,11-12H2,(H,19,20,21). The largest absolute Gasteiger partial charge is 0.494 e. The zero-order valence-corrected chi connectivity index (χ0v) is 12.8. The van der Waals surface area contributed by atoms with Gasteiger partial charge in [-0.25, -0.2) is 9.97 Å². The quantitative estimate of drug-likeness (QED) is 0.548. The van der Waals surface area contributed by atoms with Gasteiger partial charge in [0.2, 0.25) is 5.28 Å². The van der Waals surface area contributed by atoms with Crippen LogP contribution >= 0.6 is 11.6 Å². The summed E-state index contributed by atoms with van der Waals surface area (Å²) in [7, 11) is 0.